The number of rotatable bonds is 3. The van der Waals surface area contributed by atoms with Gasteiger partial charge in [0.1, 0.15) is 11.8 Å². The number of hydrogen-bond donors (Lipinski definition) is 0. The predicted molar refractivity (Wildman–Crippen MR) is 57.0 cm³/mol. The molecule has 14 heavy (non-hydrogen) atoms. The summed E-state index contributed by atoms with van der Waals surface area (Å²) in [7, 11) is 0. The van der Waals surface area contributed by atoms with Crippen LogP contribution < -0.4 is 4.74 Å². The Labute approximate surface area is 84.4 Å². The average molecular weight is 187 g/mol. The minimum Gasteiger partial charge on any atom is -0.490 e. The highest BCUT2D eigenvalue weighted by atomic mass is 16.5. The molecule has 0 heterocycles. The van der Waals surface area contributed by atoms with Crippen molar-refractivity contribution in [3.8, 4) is 11.8 Å². The molecule has 1 aromatic rings. The third-order valence-corrected chi connectivity index (χ3v) is 1.72. The first-order valence-electron chi connectivity index (χ1n) is 4.50. The summed E-state index contributed by atoms with van der Waals surface area (Å²) in [6, 6.07) is 7.55. The van der Waals surface area contributed by atoms with Gasteiger partial charge in [0.05, 0.1) is 11.7 Å². The summed E-state index contributed by atoms with van der Waals surface area (Å²) in [5, 5.41) is 8.89. The molecular weight excluding hydrogens is 174 g/mol. The Balaban J connectivity index is 3.06. The van der Waals surface area contributed by atoms with Crippen LogP contribution in [0.2, 0.25) is 0 Å². The molecule has 0 unspecified atom stereocenters. The molecule has 0 saturated carbocycles. The molecule has 0 fully saturated rings. The van der Waals surface area contributed by atoms with Gasteiger partial charge in [-0.05, 0) is 31.5 Å². The smallest absolute Gasteiger partial charge is 0.137 e. The molecule has 1 rings (SSSR count). The van der Waals surface area contributed by atoms with Gasteiger partial charge in [0.15, 0.2) is 0 Å². The molecular formula is C12H13NO. The maximum Gasteiger partial charge on any atom is 0.137 e. The second kappa shape index (κ2) is 4.48. The fourth-order valence-corrected chi connectivity index (χ4v) is 1.12. The van der Waals surface area contributed by atoms with Crippen LogP contribution in [0.3, 0.4) is 0 Å². The van der Waals surface area contributed by atoms with Crippen molar-refractivity contribution >= 4 is 6.08 Å². The highest BCUT2D eigenvalue weighted by Crippen LogP contribution is 2.20. The van der Waals surface area contributed by atoms with Gasteiger partial charge in [0.2, 0.25) is 0 Å². The maximum atomic E-state index is 8.89. The molecule has 0 radical (unpaired) electrons. The van der Waals surface area contributed by atoms with Gasteiger partial charge >= 0.3 is 0 Å². The second-order valence-electron chi connectivity index (χ2n) is 3.24. The summed E-state index contributed by atoms with van der Waals surface area (Å²) < 4.78 is 5.48. The number of nitrogens with zero attached hydrogens (tertiary/aromatic N) is 1. The van der Waals surface area contributed by atoms with E-state index < -0.39 is 0 Å². The molecule has 0 aliphatic carbocycles. The third kappa shape index (κ3) is 2.37. The molecule has 0 saturated heterocycles. The van der Waals surface area contributed by atoms with E-state index in [9.17, 15) is 0 Å². The maximum absolute atomic E-state index is 8.89. The van der Waals surface area contributed by atoms with Crippen LogP contribution in [0.15, 0.2) is 24.8 Å². The third-order valence-electron chi connectivity index (χ3n) is 1.72. The molecule has 1 aromatic carbocycles. The standard InChI is InChI=1S/C12H13NO/c1-4-10-5-6-12(14-9(2)3)11(7-10)8-13/h4-7,9H,1H2,2-3H3. The first-order chi connectivity index (χ1) is 6.67. The van der Waals surface area contributed by atoms with E-state index in [0.29, 0.717) is 11.3 Å². The van der Waals surface area contributed by atoms with Crippen LogP contribution in [0, 0.1) is 11.3 Å². The van der Waals surface area contributed by atoms with Crippen LogP contribution in [0.4, 0.5) is 0 Å². The van der Waals surface area contributed by atoms with Crippen LogP contribution in [0.1, 0.15) is 25.0 Å². The minimum absolute atomic E-state index is 0.0803. The number of ether oxygens (including phenoxy) is 1. The van der Waals surface area contributed by atoms with Crippen LogP contribution in [0.5, 0.6) is 5.75 Å². The molecule has 72 valence electrons. The van der Waals surface area contributed by atoms with Crippen LogP contribution >= 0.6 is 0 Å². The molecule has 0 amide bonds. The Hall–Kier alpha value is -1.75. The number of benzene rings is 1. The van der Waals surface area contributed by atoms with Crippen LogP contribution in [-0.4, -0.2) is 6.10 Å². The van der Waals surface area contributed by atoms with Gasteiger partial charge in [-0.3, -0.25) is 0 Å². The van der Waals surface area contributed by atoms with Crippen molar-refractivity contribution < 1.29 is 4.74 Å². The molecule has 0 N–H and O–H groups in total. The average Bonchev–Trinajstić information content (AvgIpc) is 2.17. The number of hydrogen-bond acceptors (Lipinski definition) is 2. The molecule has 0 spiro atoms. The van der Waals surface area contributed by atoms with Gasteiger partial charge in [0.25, 0.3) is 0 Å². The summed E-state index contributed by atoms with van der Waals surface area (Å²) in [6.45, 7) is 7.51. The Bertz CT molecular complexity index is 374. The van der Waals surface area contributed by atoms with E-state index in [1.54, 1.807) is 18.2 Å². The monoisotopic (exact) mass is 187 g/mol. The molecule has 0 aliphatic rings. The van der Waals surface area contributed by atoms with E-state index in [-0.39, 0.29) is 6.10 Å². The fraction of sp³-hybridized carbons (Fsp3) is 0.250. The van der Waals surface area contributed by atoms with Gasteiger partial charge in [-0.25, -0.2) is 0 Å². The highest BCUT2D eigenvalue weighted by Gasteiger charge is 2.04. The quantitative estimate of drug-likeness (QED) is 0.728. The molecule has 0 aliphatic heterocycles. The second-order valence-corrected chi connectivity index (χ2v) is 3.24. The number of nitriles is 1. The Morgan fingerprint density at radius 1 is 1.50 bits per heavy atom. The van der Waals surface area contributed by atoms with Gasteiger partial charge < -0.3 is 4.74 Å². The molecule has 0 aromatic heterocycles. The van der Waals surface area contributed by atoms with Crippen LogP contribution in [0.25, 0.3) is 6.08 Å². The lowest BCUT2D eigenvalue weighted by Gasteiger charge is -2.11. The first kappa shape index (κ1) is 10.3. The summed E-state index contributed by atoms with van der Waals surface area (Å²) >= 11 is 0. The van der Waals surface area contributed by atoms with Crippen molar-refractivity contribution in [1.82, 2.24) is 0 Å². The van der Waals surface area contributed by atoms with Gasteiger partial charge in [-0.15, -0.1) is 0 Å². The van der Waals surface area contributed by atoms with Crippen molar-refractivity contribution in [3.05, 3.63) is 35.9 Å². The molecule has 0 atom stereocenters. The Kier molecular flexibility index (Phi) is 3.30. The van der Waals surface area contributed by atoms with E-state index in [4.69, 9.17) is 10.00 Å². The van der Waals surface area contributed by atoms with Crippen molar-refractivity contribution in [2.75, 3.05) is 0 Å². The fourth-order valence-electron chi connectivity index (χ4n) is 1.12. The summed E-state index contributed by atoms with van der Waals surface area (Å²) in [6.07, 6.45) is 1.79. The lowest BCUT2D eigenvalue weighted by Crippen LogP contribution is -2.06. The summed E-state index contributed by atoms with van der Waals surface area (Å²) in [4.78, 5) is 0. The molecule has 0 bridgehead atoms. The van der Waals surface area contributed by atoms with Gasteiger partial charge in [-0.2, -0.15) is 5.26 Å². The summed E-state index contributed by atoms with van der Waals surface area (Å²) in [5.74, 6) is 0.633. The van der Waals surface area contributed by atoms with Crippen molar-refractivity contribution in [3.63, 3.8) is 0 Å². The summed E-state index contributed by atoms with van der Waals surface area (Å²) in [5.41, 5.74) is 1.48. The normalized spacial score (nSPS) is 9.57. The van der Waals surface area contributed by atoms with Crippen molar-refractivity contribution in [1.29, 1.82) is 5.26 Å². The molecule has 2 heteroatoms. The minimum atomic E-state index is 0.0803. The predicted octanol–water partition coefficient (Wildman–Crippen LogP) is 2.99. The van der Waals surface area contributed by atoms with E-state index in [2.05, 4.69) is 12.6 Å². The van der Waals surface area contributed by atoms with Crippen molar-refractivity contribution in [2.24, 2.45) is 0 Å². The van der Waals surface area contributed by atoms with E-state index in [1.165, 1.54) is 0 Å². The van der Waals surface area contributed by atoms with Crippen LogP contribution in [-0.2, 0) is 0 Å². The zero-order chi connectivity index (χ0) is 10.6. The highest BCUT2D eigenvalue weighted by molar-refractivity contribution is 5.55. The zero-order valence-corrected chi connectivity index (χ0v) is 8.45. The Morgan fingerprint density at radius 3 is 2.71 bits per heavy atom. The molecule has 2 nitrogen and oxygen atoms in total. The zero-order valence-electron chi connectivity index (χ0n) is 8.45. The largest absolute Gasteiger partial charge is 0.490 e. The van der Waals surface area contributed by atoms with E-state index in [1.807, 2.05) is 19.9 Å². The van der Waals surface area contributed by atoms with E-state index in [0.717, 1.165) is 5.56 Å². The first-order valence-corrected chi connectivity index (χ1v) is 4.50. The van der Waals surface area contributed by atoms with E-state index >= 15 is 0 Å². The Morgan fingerprint density at radius 2 is 2.21 bits per heavy atom. The topological polar surface area (TPSA) is 33.0 Å². The van der Waals surface area contributed by atoms with Gasteiger partial charge in [-0.1, -0.05) is 18.7 Å². The lowest BCUT2D eigenvalue weighted by molar-refractivity contribution is 0.241. The van der Waals surface area contributed by atoms with Crippen molar-refractivity contribution in [2.45, 2.75) is 20.0 Å². The van der Waals surface area contributed by atoms with Gasteiger partial charge in [0, 0.05) is 0 Å². The lowest BCUT2D eigenvalue weighted by atomic mass is 10.1. The SMILES string of the molecule is C=Cc1ccc(OC(C)C)c(C#N)c1.